The summed E-state index contributed by atoms with van der Waals surface area (Å²) in [4.78, 5) is 0. The second-order valence-corrected chi connectivity index (χ2v) is 7.09. The van der Waals surface area contributed by atoms with Crippen LogP contribution in [0.25, 0.3) is 0 Å². The smallest absolute Gasteiger partial charge is 0.151 e. The molecule has 3 N–H and O–H groups in total. The van der Waals surface area contributed by atoms with Crippen LogP contribution in [-0.4, -0.2) is 19.9 Å². The first-order valence-electron chi connectivity index (χ1n) is 4.87. The van der Waals surface area contributed by atoms with Crippen LogP contribution in [0.4, 0.5) is 0 Å². The zero-order valence-corrected chi connectivity index (χ0v) is 11.8. The van der Waals surface area contributed by atoms with E-state index in [0.29, 0.717) is 15.6 Å². The van der Waals surface area contributed by atoms with E-state index in [-0.39, 0.29) is 0 Å². The van der Waals surface area contributed by atoms with Crippen molar-refractivity contribution in [1.82, 2.24) is 5.43 Å². The summed E-state index contributed by atoms with van der Waals surface area (Å²) < 4.78 is 23.1. The molecule has 7 heteroatoms. The second-order valence-electron chi connectivity index (χ2n) is 3.84. The summed E-state index contributed by atoms with van der Waals surface area (Å²) in [6.45, 7) is 1.57. The first kappa shape index (κ1) is 14.7. The molecule has 0 bridgehead atoms. The van der Waals surface area contributed by atoms with Crippen LogP contribution in [0.5, 0.6) is 0 Å². The Kier molecular flexibility index (Phi) is 4.80. The molecule has 17 heavy (non-hydrogen) atoms. The molecular formula is C10H14Cl2N2O2S. The molecular weight excluding hydrogens is 283 g/mol. The van der Waals surface area contributed by atoms with Crippen LogP contribution in [-0.2, 0) is 9.84 Å². The van der Waals surface area contributed by atoms with Crippen molar-refractivity contribution in [2.24, 2.45) is 5.84 Å². The van der Waals surface area contributed by atoms with Crippen molar-refractivity contribution >= 4 is 33.0 Å². The molecule has 2 unspecified atom stereocenters. The van der Waals surface area contributed by atoms with Gasteiger partial charge in [-0.25, -0.2) is 8.42 Å². The van der Waals surface area contributed by atoms with Gasteiger partial charge < -0.3 is 0 Å². The van der Waals surface area contributed by atoms with Crippen molar-refractivity contribution in [3.63, 3.8) is 0 Å². The first-order chi connectivity index (χ1) is 7.77. The third-order valence-electron chi connectivity index (χ3n) is 2.62. The molecule has 0 aromatic heterocycles. The minimum Gasteiger partial charge on any atom is -0.271 e. The zero-order chi connectivity index (χ0) is 13.2. The van der Waals surface area contributed by atoms with Crippen LogP contribution in [0, 0.1) is 0 Å². The highest BCUT2D eigenvalue weighted by atomic mass is 35.5. The number of hydrogen-bond donors (Lipinski definition) is 2. The molecule has 0 radical (unpaired) electrons. The molecule has 0 aliphatic heterocycles. The predicted octanol–water partition coefficient (Wildman–Crippen LogP) is 1.93. The number of halogens is 2. The molecule has 4 nitrogen and oxygen atoms in total. The molecule has 0 saturated heterocycles. The summed E-state index contributed by atoms with van der Waals surface area (Å²) >= 11 is 11.9. The number of benzene rings is 1. The summed E-state index contributed by atoms with van der Waals surface area (Å²) in [6, 6.07) is 4.25. The lowest BCUT2D eigenvalue weighted by Crippen LogP contribution is -2.39. The lowest BCUT2D eigenvalue weighted by Gasteiger charge is -2.23. The fourth-order valence-corrected chi connectivity index (χ4v) is 2.61. The monoisotopic (exact) mass is 296 g/mol. The molecule has 0 heterocycles. The van der Waals surface area contributed by atoms with E-state index in [9.17, 15) is 8.42 Å². The van der Waals surface area contributed by atoms with Gasteiger partial charge in [0.25, 0.3) is 0 Å². The van der Waals surface area contributed by atoms with Gasteiger partial charge >= 0.3 is 0 Å². The number of hydrogen-bond acceptors (Lipinski definition) is 4. The highest BCUT2D eigenvalue weighted by Gasteiger charge is 2.28. The van der Waals surface area contributed by atoms with Gasteiger partial charge in [-0.3, -0.25) is 11.3 Å². The van der Waals surface area contributed by atoms with Crippen LogP contribution < -0.4 is 11.3 Å². The van der Waals surface area contributed by atoms with E-state index in [1.807, 2.05) is 0 Å². The third kappa shape index (κ3) is 3.56. The van der Waals surface area contributed by atoms with Gasteiger partial charge in [0.2, 0.25) is 0 Å². The van der Waals surface area contributed by atoms with E-state index in [0.717, 1.165) is 6.26 Å². The van der Waals surface area contributed by atoms with Crippen molar-refractivity contribution in [3.05, 3.63) is 33.8 Å². The SMILES string of the molecule is CC(C(NN)c1cc(Cl)ccc1Cl)S(C)(=O)=O. The minimum absolute atomic E-state index is 0.424. The van der Waals surface area contributed by atoms with E-state index in [1.165, 1.54) is 0 Å². The van der Waals surface area contributed by atoms with Crippen molar-refractivity contribution in [3.8, 4) is 0 Å². The maximum atomic E-state index is 11.5. The van der Waals surface area contributed by atoms with Crippen molar-refractivity contribution in [2.75, 3.05) is 6.26 Å². The number of hydrazine groups is 1. The average molecular weight is 297 g/mol. The van der Waals surface area contributed by atoms with Gasteiger partial charge in [-0.05, 0) is 30.7 Å². The number of sulfone groups is 1. The lowest BCUT2D eigenvalue weighted by atomic mass is 10.1. The Morgan fingerprint density at radius 1 is 1.35 bits per heavy atom. The van der Waals surface area contributed by atoms with E-state index < -0.39 is 21.1 Å². The maximum Gasteiger partial charge on any atom is 0.151 e. The van der Waals surface area contributed by atoms with Crippen LogP contribution in [0.2, 0.25) is 10.0 Å². The molecule has 1 rings (SSSR count). The Morgan fingerprint density at radius 3 is 2.41 bits per heavy atom. The molecule has 0 aliphatic carbocycles. The minimum atomic E-state index is -3.24. The summed E-state index contributed by atoms with van der Waals surface area (Å²) in [7, 11) is -3.24. The summed E-state index contributed by atoms with van der Waals surface area (Å²) in [5.74, 6) is 5.41. The Morgan fingerprint density at radius 2 is 1.94 bits per heavy atom. The maximum absolute atomic E-state index is 11.5. The number of nitrogens with one attached hydrogen (secondary N) is 1. The Hall–Kier alpha value is -0.330. The van der Waals surface area contributed by atoms with Gasteiger partial charge in [0, 0.05) is 16.3 Å². The standard InChI is InChI=1S/C10H14Cl2N2O2S/c1-6(17(2,15)16)10(14-13)8-5-7(11)3-4-9(8)12/h3-6,10,14H,13H2,1-2H3. The first-order valence-corrected chi connectivity index (χ1v) is 7.58. The van der Waals surface area contributed by atoms with Crippen molar-refractivity contribution < 1.29 is 8.42 Å². The van der Waals surface area contributed by atoms with Crippen LogP contribution in [0.1, 0.15) is 18.5 Å². The molecule has 0 saturated carbocycles. The Balaban J connectivity index is 3.23. The van der Waals surface area contributed by atoms with Crippen molar-refractivity contribution in [2.45, 2.75) is 18.2 Å². The second kappa shape index (κ2) is 5.54. The third-order valence-corrected chi connectivity index (χ3v) is 4.82. The van der Waals surface area contributed by atoms with E-state index in [2.05, 4.69) is 5.43 Å². The van der Waals surface area contributed by atoms with Gasteiger partial charge in [0.05, 0.1) is 11.3 Å². The summed E-state index contributed by atoms with van der Waals surface area (Å²) in [6.07, 6.45) is 1.15. The number of nitrogens with two attached hydrogens (primary N) is 1. The van der Waals surface area contributed by atoms with E-state index in [4.69, 9.17) is 29.0 Å². The molecule has 0 fully saturated rings. The van der Waals surface area contributed by atoms with Gasteiger partial charge in [-0.2, -0.15) is 0 Å². The van der Waals surface area contributed by atoms with E-state index >= 15 is 0 Å². The number of rotatable bonds is 4. The van der Waals surface area contributed by atoms with Crippen LogP contribution in [0.3, 0.4) is 0 Å². The topological polar surface area (TPSA) is 72.2 Å². The highest BCUT2D eigenvalue weighted by Crippen LogP contribution is 2.29. The molecule has 1 aromatic rings. The normalized spacial score (nSPS) is 15.6. The van der Waals surface area contributed by atoms with Crippen LogP contribution >= 0.6 is 23.2 Å². The summed E-state index contributed by atoms with van der Waals surface area (Å²) in [5, 5.41) is 0.196. The molecule has 0 aliphatic rings. The van der Waals surface area contributed by atoms with Gasteiger partial charge in [-0.1, -0.05) is 23.2 Å². The molecule has 96 valence electrons. The largest absolute Gasteiger partial charge is 0.271 e. The van der Waals surface area contributed by atoms with Gasteiger partial charge in [0.15, 0.2) is 9.84 Å². The van der Waals surface area contributed by atoms with Gasteiger partial charge in [-0.15, -0.1) is 0 Å². The fraction of sp³-hybridized carbons (Fsp3) is 0.400. The van der Waals surface area contributed by atoms with Crippen LogP contribution in [0.15, 0.2) is 18.2 Å². The van der Waals surface area contributed by atoms with E-state index in [1.54, 1.807) is 25.1 Å². The molecule has 0 spiro atoms. The Labute approximate surface area is 111 Å². The summed E-state index contributed by atoms with van der Waals surface area (Å²) in [5.41, 5.74) is 3.04. The zero-order valence-electron chi connectivity index (χ0n) is 9.44. The Bertz CT molecular complexity index is 505. The predicted molar refractivity (Wildman–Crippen MR) is 70.8 cm³/mol. The lowest BCUT2D eigenvalue weighted by molar-refractivity contribution is 0.513. The van der Waals surface area contributed by atoms with Gasteiger partial charge in [0.1, 0.15) is 0 Å². The molecule has 2 atom stereocenters. The molecule has 1 aromatic carbocycles. The van der Waals surface area contributed by atoms with Crippen molar-refractivity contribution in [1.29, 1.82) is 0 Å². The highest BCUT2D eigenvalue weighted by molar-refractivity contribution is 7.91. The quantitative estimate of drug-likeness (QED) is 0.658. The fourth-order valence-electron chi connectivity index (χ4n) is 1.48. The average Bonchev–Trinajstić information content (AvgIpc) is 2.22. The molecule has 0 amide bonds.